The van der Waals surface area contributed by atoms with Crippen molar-refractivity contribution in [2.75, 3.05) is 7.11 Å². The van der Waals surface area contributed by atoms with Crippen molar-refractivity contribution < 1.29 is 19.1 Å². The summed E-state index contributed by atoms with van der Waals surface area (Å²) >= 11 is 9.92. The number of rotatable bonds is 6. The normalized spacial score (nSPS) is 15.0. The van der Waals surface area contributed by atoms with Crippen LogP contribution in [0.2, 0.25) is 0 Å². The lowest BCUT2D eigenvalue weighted by molar-refractivity contribution is -0.123. The lowest BCUT2D eigenvalue weighted by Gasteiger charge is -2.16. The number of nitrogens with zero attached hydrogens (tertiary/aromatic N) is 1. The fraction of sp³-hybridized carbons (Fsp3) is 0.227. The van der Waals surface area contributed by atoms with Crippen LogP contribution in [0.1, 0.15) is 35.3 Å². The Morgan fingerprint density at radius 2 is 1.94 bits per heavy atom. The van der Waals surface area contributed by atoms with Crippen LogP contribution in [0.3, 0.4) is 0 Å². The predicted molar refractivity (Wildman–Crippen MR) is 130 cm³/mol. The second kappa shape index (κ2) is 9.84. The standard InChI is InChI=1S/C22H21BrN2O4S2/c1-12(2)29-19-16(23)9-14(10-17(19)28-4)11-18-21(27)25(22(30)31-18)24-20(26)15-7-5-13(3)6-8-15/h5-12H,1-4H3,(H,24,26)/b18-11-. The first kappa shape index (κ1) is 23.3. The molecule has 6 nitrogen and oxygen atoms in total. The molecule has 0 unspecified atom stereocenters. The van der Waals surface area contributed by atoms with Gasteiger partial charge in [0.15, 0.2) is 15.8 Å². The molecule has 0 atom stereocenters. The Balaban J connectivity index is 1.82. The number of carbonyl (C=O) groups excluding carboxylic acids is 2. The van der Waals surface area contributed by atoms with Gasteiger partial charge in [-0.25, -0.2) is 0 Å². The zero-order valence-electron chi connectivity index (χ0n) is 17.4. The monoisotopic (exact) mass is 520 g/mol. The number of hydrogen-bond acceptors (Lipinski definition) is 6. The molecular weight excluding hydrogens is 500 g/mol. The average Bonchev–Trinajstić information content (AvgIpc) is 2.97. The van der Waals surface area contributed by atoms with Crippen LogP contribution in [0.25, 0.3) is 6.08 Å². The van der Waals surface area contributed by atoms with Gasteiger partial charge in [-0.1, -0.05) is 29.5 Å². The largest absolute Gasteiger partial charge is 0.493 e. The van der Waals surface area contributed by atoms with Gasteiger partial charge in [-0.05, 0) is 84.8 Å². The molecule has 0 aliphatic carbocycles. The number of methoxy groups -OCH3 is 1. The second-order valence-electron chi connectivity index (χ2n) is 7.02. The van der Waals surface area contributed by atoms with Crippen LogP contribution in [0.15, 0.2) is 45.8 Å². The highest BCUT2D eigenvalue weighted by Gasteiger charge is 2.34. The van der Waals surface area contributed by atoms with E-state index >= 15 is 0 Å². The van der Waals surface area contributed by atoms with E-state index in [0.29, 0.717) is 26.4 Å². The first-order valence-corrected chi connectivity index (χ1v) is 11.4. The first-order valence-electron chi connectivity index (χ1n) is 9.39. The van der Waals surface area contributed by atoms with Crippen LogP contribution in [0, 0.1) is 6.92 Å². The minimum absolute atomic E-state index is 0.0237. The molecule has 0 radical (unpaired) electrons. The lowest BCUT2D eigenvalue weighted by Crippen LogP contribution is -2.44. The van der Waals surface area contributed by atoms with Crippen LogP contribution in [0.4, 0.5) is 0 Å². The van der Waals surface area contributed by atoms with Gasteiger partial charge in [0.2, 0.25) is 0 Å². The summed E-state index contributed by atoms with van der Waals surface area (Å²) < 4.78 is 12.2. The van der Waals surface area contributed by atoms with Crippen LogP contribution >= 0.6 is 39.9 Å². The molecule has 1 aliphatic rings. The summed E-state index contributed by atoms with van der Waals surface area (Å²) in [6.07, 6.45) is 1.67. The molecule has 9 heteroatoms. The summed E-state index contributed by atoms with van der Waals surface area (Å²) in [5.74, 6) is 0.329. The average molecular weight is 521 g/mol. The summed E-state index contributed by atoms with van der Waals surface area (Å²) in [6, 6.07) is 10.7. The Morgan fingerprint density at radius 1 is 1.26 bits per heavy atom. The molecule has 1 N–H and O–H groups in total. The van der Waals surface area contributed by atoms with Gasteiger partial charge in [-0.15, -0.1) is 0 Å². The van der Waals surface area contributed by atoms with E-state index in [-0.39, 0.29) is 10.4 Å². The molecule has 1 saturated heterocycles. The number of nitrogens with one attached hydrogen (secondary N) is 1. The second-order valence-corrected chi connectivity index (χ2v) is 9.55. The summed E-state index contributed by atoms with van der Waals surface area (Å²) in [4.78, 5) is 25.7. The summed E-state index contributed by atoms with van der Waals surface area (Å²) in [5.41, 5.74) is 4.79. The number of hydrazine groups is 1. The number of ether oxygens (including phenoxy) is 2. The van der Waals surface area contributed by atoms with Crippen LogP contribution in [0.5, 0.6) is 11.5 Å². The number of thioether (sulfide) groups is 1. The van der Waals surface area contributed by atoms with Gasteiger partial charge in [-0.2, -0.15) is 5.01 Å². The minimum atomic E-state index is -0.405. The Bertz CT molecular complexity index is 1070. The van der Waals surface area contributed by atoms with E-state index < -0.39 is 11.8 Å². The quantitative estimate of drug-likeness (QED) is 0.422. The van der Waals surface area contributed by atoms with Crippen molar-refractivity contribution in [3.63, 3.8) is 0 Å². The van der Waals surface area contributed by atoms with Gasteiger partial charge >= 0.3 is 0 Å². The number of carbonyl (C=O) groups is 2. The molecule has 0 aromatic heterocycles. The summed E-state index contributed by atoms with van der Waals surface area (Å²) in [6.45, 7) is 5.79. The SMILES string of the molecule is COc1cc(/C=C2\SC(=S)N(NC(=O)c3ccc(C)cc3)C2=O)cc(Br)c1OC(C)C. The van der Waals surface area contributed by atoms with E-state index in [1.165, 1.54) is 0 Å². The number of halogens is 1. The van der Waals surface area contributed by atoms with Crippen molar-refractivity contribution in [3.8, 4) is 11.5 Å². The molecular formula is C22H21BrN2O4S2. The first-order chi connectivity index (χ1) is 14.7. The van der Waals surface area contributed by atoms with E-state index in [0.717, 1.165) is 27.9 Å². The Hall–Kier alpha value is -2.36. The third-order valence-electron chi connectivity index (χ3n) is 4.22. The van der Waals surface area contributed by atoms with Crippen molar-refractivity contribution >= 4 is 62.1 Å². The van der Waals surface area contributed by atoms with Crippen molar-refractivity contribution in [3.05, 3.63) is 62.5 Å². The number of hydrogen-bond donors (Lipinski definition) is 1. The van der Waals surface area contributed by atoms with Gasteiger partial charge in [-0.3, -0.25) is 15.0 Å². The molecule has 31 heavy (non-hydrogen) atoms. The highest BCUT2D eigenvalue weighted by molar-refractivity contribution is 9.10. The molecule has 0 spiro atoms. The molecule has 3 rings (SSSR count). The maximum absolute atomic E-state index is 12.9. The highest BCUT2D eigenvalue weighted by atomic mass is 79.9. The van der Waals surface area contributed by atoms with Gasteiger partial charge in [0.05, 0.1) is 22.6 Å². The smallest absolute Gasteiger partial charge is 0.285 e. The van der Waals surface area contributed by atoms with Crippen LogP contribution in [-0.2, 0) is 4.79 Å². The number of benzene rings is 2. The molecule has 0 bridgehead atoms. The number of aryl methyl sites for hydroxylation is 1. The van der Waals surface area contributed by atoms with Crippen LogP contribution in [-0.4, -0.2) is 34.4 Å². The van der Waals surface area contributed by atoms with Gasteiger partial charge in [0.1, 0.15) is 0 Å². The van der Waals surface area contributed by atoms with Gasteiger partial charge < -0.3 is 9.47 Å². The summed E-state index contributed by atoms with van der Waals surface area (Å²) in [5, 5.41) is 1.09. The van der Waals surface area contributed by atoms with E-state index in [4.69, 9.17) is 21.7 Å². The Kier molecular flexibility index (Phi) is 7.40. The molecule has 2 aromatic rings. The van der Waals surface area contributed by atoms with Gasteiger partial charge in [0.25, 0.3) is 11.8 Å². The van der Waals surface area contributed by atoms with Crippen molar-refractivity contribution in [2.45, 2.75) is 26.9 Å². The molecule has 1 aliphatic heterocycles. The van der Waals surface area contributed by atoms with Crippen molar-refractivity contribution in [1.29, 1.82) is 0 Å². The van der Waals surface area contributed by atoms with E-state index in [2.05, 4.69) is 21.4 Å². The molecule has 2 amide bonds. The molecule has 2 aromatic carbocycles. The molecule has 1 fully saturated rings. The van der Waals surface area contributed by atoms with E-state index in [9.17, 15) is 9.59 Å². The minimum Gasteiger partial charge on any atom is -0.493 e. The van der Waals surface area contributed by atoms with E-state index in [1.54, 1.807) is 31.4 Å². The topological polar surface area (TPSA) is 67.9 Å². The third kappa shape index (κ3) is 5.47. The third-order valence-corrected chi connectivity index (χ3v) is 6.12. The van der Waals surface area contributed by atoms with Crippen LogP contribution < -0.4 is 14.9 Å². The lowest BCUT2D eigenvalue weighted by atomic mass is 10.1. The Labute approximate surface area is 199 Å². The van der Waals surface area contributed by atoms with Crippen molar-refractivity contribution in [1.82, 2.24) is 10.4 Å². The number of amides is 2. The maximum atomic E-state index is 12.9. The Morgan fingerprint density at radius 3 is 2.55 bits per heavy atom. The molecule has 0 saturated carbocycles. The maximum Gasteiger partial charge on any atom is 0.285 e. The zero-order chi connectivity index (χ0) is 22.7. The molecule has 1 heterocycles. The van der Waals surface area contributed by atoms with Crippen molar-refractivity contribution in [2.24, 2.45) is 0 Å². The number of thiocarbonyl (C=S) groups is 1. The predicted octanol–water partition coefficient (Wildman–Crippen LogP) is 5.10. The van der Waals surface area contributed by atoms with E-state index in [1.807, 2.05) is 39.0 Å². The summed E-state index contributed by atoms with van der Waals surface area (Å²) in [7, 11) is 1.55. The zero-order valence-corrected chi connectivity index (χ0v) is 20.6. The fourth-order valence-electron chi connectivity index (χ4n) is 2.76. The van der Waals surface area contributed by atoms with Gasteiger partial charge in [0, 0.05) is 5.56 Å². The highest BCUT2D eigenvalue weighted by Crippen LogP contribution is 2.39. The molecule has 162 valence electrons. The fourth-order valence-corrected chi connectivity index (χ4v) is 4.49.